The predicted molar refractivity (Wildman–Crippen MR) is 70.2 cm³/mol. The summed E-state index contributed by atoms with van der Waals surface area (Å²) in [7, 11) is 0. The van der Waals surface area contributed by atoms with Gasteiger partial charge in [-0.1, -0.05) is 0 Å². The van der Waals surface area contributed by atoms with Crippen molar-refractivity contribution in [2.24, 2.45) is 5.92 Å². The van der Waals surface area contributed by atoms with Crippen LogP contribution in [0, 0.1) is 5.92 Å². The van der Waals surface area contributed by atoms with E-state index in [2.05, 4.69) is 10.3 Å². The zero-order valence-electron chi connectivity index (χ0n) is 11.2. The van der Waals surface area contributed by atoms with Crippen LogP contribution >= 0.6 is 0 Å². The molecule has 0 radical (unpaired) electrons. The van der Waals surface area contributed by atoms with Crippen molar-refractivity contribution in [1.82, 2.24) is 19.8 Å². The number of nitrogens with zero attached hydrogens (tertiary/aromatic N) is 3. The molecule has 19 heavy (non-hydrogen) atoms. The zero-order chi connectivity index (χ0) is 13.7. The van der Waals surface area contributed by atoms with Gasteiger partial charge >= 0.3 is 0 Å². The van der Waals surface area contributed by atoms with Crippen molar-refractivity contribution in [3.63, 3.8) is 0 Å². The first kappa shape index (κ1) is 13.6. The fraction of sp³-hybridized carbons (Fsp3) is 0.615. The number of aryl methyl sites for hydroxylation is 1. The quantitative estimate of drug-likeness (QED) is 0.749. The maximum absolute atomic E-state index is 11.9. The Morgan fingerprint density at radius 2 is 2.42 bits per heavy atom. The van der Waals surface area contributed by atoms with Gasteiger partial charge in [0.05, 0.1) is 12.2 Å². The molecule has 1 fully saturated rings. The Hall–Kier alpha value is -1.85. The number of amides is 2. The third kappa shape index (κ3) is 3.56. The number of hydrogen-bond acceptors (Lipinski definition) is 3. The van der Waals surface area contributed by atoms with Crippen LogP contribution in [-0.4, -0.2) is 45.9 Å². The molecule has 6 nitrogen and oxygen atoms in total. The van der Waals surface area contributed by atoms with Gasteiger partial charge in [0, 0.05) is 45.0 Å². The van der Waals surface area contributed by atoms with E-state index >= 15 is 0 Å². The summed E-state index contributed by atoms with van der Waals surface area (Å²) in [5.41, 5.74) is 0. The monoisotopic (exact) mass is 264 g/mol. The molecule has 1 atom stereocenters. The predicted octanol–water partition coefficient (Wildman–Crippen LogP) is 0.258. The number of carbonyl (C=O) groups excluding carboxylic acids is 2. The minimum atomic E-state index is -0.180. The van der Waals surface area contributed by atoms with Gasteiger partial charge in [-0.25, -0.2) is 4.98 Å². The molecule has 104 valence electrons. The maximum atomic E-state index is 11.9. The van der Waals surface area contributed by atoms with Crippen molar-refractivity contribution in [2.45, 2.75) is 26.3 Å². The Kier molecular flexibility index (Phi) is 4.54. The van der Waals surface area contributed by atoms with E-state index in [9.17, 15) is 9.59 Å². The molecule has 1 N–H and O–H groups in total. The molecule has 2 rings (SSSR count). The van der Waals surface area contributed by atoms with Crippen LogP contribution in [0.2, 0.25) is 0 Å². The number of likely N-dealkylation sites (tertiary alicyclic amines) is 1. The summed E-state index contributed by atoms with van der Waals surface area (Å²) in [4.78, 5) is 29.1. The van der Waals surface area contributed by atoms with Crippen molar-refractivity contribution >= 4 is 11.8 Å². The Balaban J connectivity index is 1.66. The van der Waals surface area contributed by atoms with Crippen LogP contribution < -0.4 is 5.32 Å². The normalized spacial score (nSPS) is 18.9. The first-order valence-corrected chi connectivity index (χ1v) is 6.72. The lowest BCUT2D eigenvalue weighted by Crippen LogP contribution is -2.33. The Labute approximate surface area is 112 Å². The van der Waals surface area contributed by atoms with Crippen LogP contribution in [0.15, 0.2) is 18.7 Å². The van der Waals surface area contributed by atoms with Gasteiger partial charge in [-0.15, -0.1) is 0 Å². The molecule has 0 saturated carbocycles. The minimum absolute atomic E-state index is 0.00469. The van der Waals surface area contributed by atoms with Gasteiger partial charge < -0.3 is 14.8 Å². The van der Waals surface area contributed by atoms with Gasteiger partial charge in [0.25, 0.3) is 0 Å². The number of nitrogens with one attached hydrogen (secondary N) is 1. The first-order chi connectivity index (χ1) is 9.20. The Morgan fingerprint density at radius 3 is 3.05 bits per heavy atom. The molecular weight excluding hydrogens is 244 g/mol. The van der Waals surface area contributed by atoms with Gasteiger partial charge in [0.15, 0.2) is 0 Å². The lowest BCUT2D eigenvalue weighted by Gasteiger charge is -2.13. The number of imidazole rings is 1. The summed E-state index contributed by atoms with van der Waals surface area (Å²) in [6.07, 6.45) is 6.61. The highest BCUT2D eigenvalue weighted by Gasteiger charge is 2.32. The summed E-state index contributed by atoms with van der Waals surface area (Å²) in [5, 5.41) is 2.90. The summed E-state index contributed by atoms with van der Waals surface area (Å²) < 4.78 is 1.98. The fourth-order valence-corrected chi connectivity index (χ4v) is 2.29. The van der Waals surface area contributed by atoms with Gasteiger partial charge in [-0.3, -0.25) is 9.59 Å². The molecule has 6 heteroatoms. The van der Waals surface area contributed by atoms with Crippen molar-refractivity contribution in [1.29, 1.82) is 0 Å². The molecule has 1 aliphatic heterocycles. The molecule has 0 aromatic carbocycles. The van der Waals surface area contributed by atoms with E-state index in [0.717, 1.165) is 13.0 Å². The highest BCUT2D eigenvalue weighted by molar-refractivity contribution is 5.89. The van der Waals surface area contributed by atoms with Crippen molar-refractivity contribution in [3.8, 4) is 0 Å². The third-order valence-corrected chi connectivity index (χ3v) is 3.42. The number of hydrogen-bond donors (Lipinski definition) is 1. The zero-order valence-corrected chi connectivity index (χ0v) is 11.2. The molecule has 1 aliphatic rings. The number of carbonyl (C=O) groups is 2. The molecule has 2 amide bonds. The lowest BCUT2D eigenvalue weighted by molar-refractivity contribution is -0.128. The highest BCUT2D eigenvalue weighted by atomic mass is 16.2. The van der Waals surface area contributed by atoms with Crippen LogP contribution in [0.1, 0.15) is 19.8 Å². The van der Waals surface area contributed by atoms with E-state index in [1.54, 1.807) is 17.4 Å². The van der Waals surface area contributed by atoms with Crippen LogP contribution in [0.4, 0.5) is 0 Å². The standard InChI is InChI=1S/C13H20N4O2/c1-2-17-9-11(8-12(17)18)13(19)15-4-3-6-16-7-5-14-10-16/h5,7,10-11H,2-4,6,8-9H2,1H3,(H,15,19)/t11-/m1/s1. The van der Waals surface area contributed by atoms with Crippen molar-refractivity contribution in [3.05, 3.63) is 18.7 Å². The first-order valence-electron chi connectivity index (χ1n) is 6.72. The second kappa shape index (κ2) is 6.36. The lowest BCUT2D eigenvalue weighted by atomic mass is 10.1. The number of rotatable bonds is 6. The number of aromatic nitrogens is 2. The van der Waals surface area contributed by atoms with Crippen LogP contribution in [0.5, 0.6) is 0 Å². The van der Waals surface area contributed by atoms with E-state index in [1.165, 1.54) is 0 Å². The Bertz CT molecular complexity index is 430. The Morgan fingerprint density at radius 1 is 1.58 bits per heavy atom. The molecule has 1 aromatic heterocycles. The van der Waals surface area contributed by atoms with Gasteiger partial charge in [-0.2, -0.15) is 0 Å². The molecule has 2 heterocycles. The van der Waals surface area contributed by atoms with E-state index in [4.69, 9.17) is 0 Å². The molecule has 0 bridgehead atoms. The van der Waals surface area contributed by atoms with Crippen molar-refractivity contribution in [2.75, 3.05) is 19.6 Å². The molecule has 1 aromatic rings. The van der Waals surface area contributed by atoms with Gasteiger partial charge in [0.2, 0.25) is 11.8 Å². The third-order valence-electron chi connectivity index (χ3n) is 3.42. The average molecular weight is 264 g/mol. The average Bonchev–Trinajstić information content (AvgIpc) is 3.03. The van der Waals surface area contributed by atoms with Crippen LogP contribution in [0.25, 0.3) is 0 Å². The molecular formula is C13H20N4O2. The summed E-state index contributed by atoms with van der Waals surface area (Å²) in [5.74, 6) is -0.100. The largest absolute Gasteiger partial charge is 0.356 e. The topological polar surface area (TPSA) is 67.2 Å². The summed E-state index contributed by atoms with van der Waals surface area (Å²) >= 11 is 0. The molecule has 0 unspecified atom stereocenters. The van der Waals surface area contributed by atoms with Gasteiger partial charge in [-0.05, 0) is 13.3 Å². The molecule has 0 aliphatic carbocycles. The van der Waals surface area contributed by atoms with E-state index in [0.29, 0.717) is 26.1 Å². The van der Waals surface area contributed by atoms with E-state index in [1.807, 2.05) is 17.7 Å². The van der Waals surface area contributed by atoms with Crippen LogP contribution in [-0.2, 0) is 16.1 Å². The molecule has 0 spiro atoms. The summed E-state index contributed by atoms with van der Waals surface area (Å²) in [6, 6.07) is 0. The van der Waals surface area contributed by atoms with Gasteiger partial charge in [0.1, 0.15) is 0 Å². The van der Waals surface area contributed by atoms with E-state index in [-0.39, 0.29) is 17.7 Å². The highest BCUT2D eigenvalue weighted by Crippen LogP contribution is 2.17. The van der Waals surface area contributed by atoms with Crippen molar-refractivity contribution < 1.29 is 9.59 Å². The second-order valence-electron chi connectivity index (χ2n) is 4.78. The smallest absolute Gasteiger partial charge is 0.225 e. The van der Waals surface area contributed by atoms with E-state index < -0.39 is 0 Å². The molecule has 1 saturated heterocycles. The fourth-order valence-electron chi connectivity index (χ4n) is 2.29. The second-order valence-corrected chi connectivity index (χ2v) is 4.78. The SMILES string of the molecule is CCN1C[C@H](C(=O)NCCCn2ccnc2)CC1=O. The maximum Gasteiger partial charge on any atom is 0.225 e. The van der Waals surface area contributed by atoms with Crippen LogP contribution in [0.3, 0.4) is 0 Å². The summed E-state index contributed by atoms with van der Waals surface area (Å²) in [6.45, 7) is 4.65. The minimum Gasteiger partial charge on any atom is -0.356 e.